The van der Waals surface area contributed by atoms with Crippen LogP contribution in [-0.4, -0.2) is 41.2 Å². The van der Waals surface area contributed by atoms with Gasteiger partial charge in [-0.15, -0.1) is 11.3 Å². The number of benzene rings is 1. The van der Waals surface area contributed by atoms with Crippen molar-refractivity contribution in [2.24, 2.45) is 0 Å². The number of rotatable bonds is 4. The number of hydrogen-bond donors (Lipinski definition) is 1. The Hall–Kier alpha value is -1.43. The third-order valence-corrected chi connectivity index (χ3v) is 4.82. The summed E-state index contributed by atoms with van der Waals surface area (Å²) < 4.78 is 0. The highest BCUT2D eigenvalue weighted by atomic mass is 32.1. The summed E-state index contributed by atoms with van der Waals surface area (Å²) in [4.78, 5) is 10.2. The highest BCUT2D eigenvalue weighted by molar-refractivity contribution is 7.11. The summed E-state index contributed by atoms with van der Waals surface area (Å²) in [5.74, 6) is 0. The van der Waals surface area contributed by atoms with Crippen molar-refractivity contribution in [2.45, 2.75) is 20.1 Å². The predicted octanol–water partition coefficient (Wildman–Crippen LogP) is 2.27. The molecule has 3 rings (SSSR count). The molecule has 2 aromatic rings. The lowest BCUT2D eigenvalue weighted by atomic mass is 10.2. The molecule has 1 aromatic heterocycles. The van der Waals surface area contributed by atoms with Gasteiger partial charge in [-0.2, -0.15) is 0 Å². The Labute approximate surface area is 129 Å². The van der Waals surface area contributed by atoms with Crippen LogP contribution in [0.4, 0.5) is 5.69 Å². The molecular formula is C16H21N3OS. The standard InChI is InChI=1S/C16H21N3OS/c1-13-3-2-4-14(9-13)19-7-5-18(6-8-19)11-16-17-10-15(12-20)21-16/h2-4,9-10,20H,5-8,11-12H2,1H3. The zero-order chi connectivity index (χ0) is 14.7. The maximum absolute atomic E-state index is 9.09. The molecule has 0 aliphatic carbocycles. The molecule has 1 saturated heterocycles. The van der Waals surface area contributed by atoms with Crippen LogP contribution >= 0.6 is 11.3 Å². The lowest BCUT2D eigenvalue weighted by molar-refractivity contribution is 0.249. The molecule has 1 fully saturated rings. The molecule has 5 heteroatoms. The number of nitrogens with zero attached hydrogens (tertiary/aromatic N) is 3. The van der Waals surface area contributed by atoms with Crippen molar-refractivity contribution in [3.05, 3.63) is 45.9 Å². The smallest absolute Gasteiger partial charge is 0.107 e. The maximum atomic E-state index is 9.09. The van der Waals surface area contributed by atoms with Crippen molar-refractivity contribution in [3.63, 3.8) is 0 Å². The second-order valence-electron chi connectivity index (χ2n) is 5.48. The number of aromatic nitrogens is 1. The van der Waals surface area contributed by atoms with Gasteiger partial charge in [-0.3, -0.25) is 4.90 Å². The normalized spacial score (nSPS) is 16.4. The van der Waals surface area contributed by atoms with Gasteiger partial charge < -0.3 is 10.0 Å². The molecule has 0 atom stereocenters. The van der Waals surface area contributed by atoms with E-state index in [4.69, 9.17) is 5.11 Å². The molecule has 21 heavy (non-hydrogen) atoms. The largest absolute Gasteiger partial charge is 0.391 e. The molecule has 0 bridgehead atoms. The summed E-state index contributed by atoms with van der Waals surface area (Å²) in [6.45, 7) is 7.36. The number of thiazole rings is 1. The Morgan fingerprint density at radius 3 is 2.71 bits per heavy atom. The lowest BCUT2D eigenvalue weighted by Gasteiger charge is -2.35. The molecule has 2 heterocycles. The Morgan fingerprint density at radius 1 is 1.24 bits per heavy atom. The van der Waals surface area contributed by atoms with Gasteiger partial charge in [0.05, 0.1) is 18.0 Å². The van der Waals surface area contributed by atoms with Gasteiger partial charge in [0.15, 0.2) is 0 Å². The van der Waals surface area contributed by atoms with Gasteiger partial charge in [-0.1, -0.05) is 12.1 Å². The van der Waals surface area contributed by atoms with E-state index in [-0.39, 0.29) is 6.61 Å². The van der Waals surface area contributed by atoms with E-state index in [2.05, 4.69) is 46.0 Å². The Balaban J connectivity index is 1.55. The van der Waals surface area contributed by atoms with Gasteiger partial charge in [-0.25, -0.2) is 4.98 Å². The second-order valence-corrected chi connectivity index (χ2v) is 6.68. The zero-order valence-corrected chi connectivity index (χ0v) is 13.1. The number of hydrogen-bond acceptors (Lipinski definition) is 5. The fraction of sp³-hybridized carbons (Fsp3) is 0.438. The van der Waals surface area contributed by atoms with Crippen molar-refractivity contribution in [3.8, 4) is 0 Å². The van der Waals surface area contributed by atoms with E-state index in [0.29, 0.717) is 0 Å². The summed E-state index contributed by atoms with van der Waals surface area (Å²) >= 11 is 1.61. The number of anilines is 1. The Kier molecular flexibility index (Phi) is 4.53. The van der Waals surface area contributed by atoms with Crippen LogP contribution in [0.1, 0.15) is 15.4 Å². The molecule has 0 saturated carbocycles. The first-order chi connectivity index (χ1) is 10.2. The third kappa shape index (κ3) is 3.61. The van der Waals surface area contributed by atoms with Crippen LogP contribution in [0.25, 0.3) is 0 Å². The summed E-state index contributed by atoms with van der Waals surface area (Å²) in [7, 11) is 0. The molecular weight excluding hydrogens is 282 g/mol. The number of aryl methyl sites for hydroxylation is 1. The fourth-order valence-corrected chi connectivity index (χ4v) is 3.50. The minimum absolute atomic E-state index is 0.0960. The van der Waals surface area contributed by atoms with Crippen LogP contribution in [0.5, 0.6) is 0 Å². The first-order valence-corrected chi connectivity index (χ1v) is 8.14. The summed E-state index contributed by atoms with van der Waals surface area (Å²) in [6, 6.07) is 8.71. The van der Waals surface area contributed by atoms with Crippen LogP contribution in [0.15, 0.2) is 30.5 Å². The molecule has 0 spiro atoms. The van der Waals surface area contributed by atoms with Gasteiger partial charge in [0.25, 0.3) is 0 Å². The third-order valence-electron chi connectivity index (χ3n) is 3.86. The van der Waals surface area contributed by atoms with E-state index in [0.717, 1.165) is 42.6 Å². The number of piperazine rings is 1. The van der Waals surface area contributed by atoms with Gasteiger partial charge in [0, 0.05) is 38.1 Å². The Morgan fingerprint density at radius 2 is 2.05 bits per heavy atom. The van der Waals surface area contributed by atoms with Crippen molar-refractivity contribution in [1.82, 2.24) is 9.88 Å². The van der Waals surface area contributed by atoms with Crippen LogP contribution in [-0.2, 0) is 13.2 Å². The van der Waals surface area contributed by atoms with Crippen molar-refractivity contribution >= 4 is 17.0 Å². The minimum Gasteiger partial charge on any atom is -0.391 e. The lowest BCUT2D eigenvalue weighted by Crippen LogP contribution is -2.45. The SMILES string of the molecule is Cc1cccc(N2CCN(Cc3ncc(CO)s3)CC2)c1. The van der Waals surface area contributed by atoms with Crippen LogP contribution in [0.2, 0.25) is 0 Å². The van der Waals surface area contributed by atoms with E-state index in [1.54, 1.807) is 17.5 Å². The molecule has 1 aromatic carbocycles. The topological polar surface area (TPSA) is 39.6 Å². The molecule has 0 radical (unpaired) electrons. The van der Waals surface area contributed by atoms with Crippen molar-refractivity contribution in [1.29, 1.82) is 0 Å². The first kappa shape index (κ1) is 14.5. The van der Waals surface area contributed by atoms with Gasteiger partial charge in [0.1, 0.15) is 5.01 Å². The molecule has 1 N–H and O–H groups in total. The highest BCUT2D eigenvalue weighted by Gasteiger charge is 2.18. The van der Waals surface area contributed by atoms with Gasteiger partial charge >= 0.3 is 0 Å². The number of aliphatic hydroxyl groups is 1. The van der Waals surface area contributed by atoms with Gasteiger partial charge in [-0.05, 0) is 24.6 Å². The highest BCUT2D eigenvalue weighted by Crippen LogP contribution is 2.20. The van der Waals surface area contributed by atoms with Crippen LogP contribution in [0, 0.1) is 6.92 Å². The quantitative estimate of drug-likeness (QED) is 0.940. The van der Waals surface area contributed by atoms with E-state index in [1.165, 1.54) is 11.3 Å². The Bertz CT molecular complexity index is 591. The van der Waals surface area contributed by atoms with E-state index in [1.807, 2.05) is 0 Å². The van der Waals surface area contributed by atoms with E-state index >= 15 is 0 Å². The first-order valence-electron chi connectivity index (χ1n) is 7.33. The van der Waals surface area contributed by atoms with Crippen LogP contribution < -0.4 is 4.90 Å². The van der Waals surface area contributed by atoms with E-state index < -0.39 is 0 Å². The average molecular weight is 303 g/mol. The molecule has 112 valence electrons. The maximum Gasteiger partial charge on any atom is 0.107 e. The summed E-state index contributed by atoms with van der Waals surface area (Å²) in [5, 5.41) is 10.2. The van der Waals surface area contributed by atoms with E-state index in [9.17, 15) is 0 Å². The average Bonchev–Trinajstić information content (AvgIpc) is 2.96. The molecule has 4 nitrogen and oxygen atoms in total. The summed E-state index contributed by atoms with van der Waals surface area (Å²) in [6.07, 6.45) is 1.78. The minimum atomic E-state index is 0.0960. The van der Waals surface area contributed by atoms with Crippen LogP contribution in [0.3, 0.4) is 0 Å². The summed E-state index contributed by atoms with van der Waals surface area (Å²) in [5.41, 5.74) is 2.64. The molecule has 0 amide bonds. The monoisotopic (exact) mass is 303 g/mol. The number of aliphatic hydroxyl groups excluding tert-OH is 1. The fourth-order valence-electron chi connectivity index (χ4n) is 2.67. The van der Waals surface area contributed by atoms with Crippen molar-refractivity contribution < 1.29 is 5.11 Å². The van der Waals surface area contributed by atoms with Crippen molar-refractivity contribution in [2.75, 3.05) is 31.1 Å². The second kappa shape index (κ2) is 6.56. The molecule has 1 aliphatic heterocycles. The molecule has 1 aliphatic rings. The van der Waals surface area contributed by atoms with Gasteiger partial charge in [0.2, 0.25) is 0 Å². The molecule has 0 unspecified atom stereocenters. The predicted molar refractivity (Wildman–Crippen MR) is 86.7 cm³/mol. The zero-order valence-electron chi connectivity index (χ0n) is 12.3.